The summed E-state index contributed by atoms with van der Waals surface area (Å²) in [6.45, 7) is 1.72. The molecular weight excluding hydrogens is 326 g/mol. The minimum atomic E-state index is -3.00. The summed E-state index contributed by atoms with van der Waals surface area (Å²) >= 11 is 0. The van der Waals surface area contributed by atoms with Crippen LogP contribution >= 0.6 is 0 Å². The molecular formula is C15H20F2N2O3S. The predicted octanol–water partition coefficient (Wildman–Crippen LogP) is 1.26. The number of nitrogens with one attached hydrogen (secondary N) is 1. The van der Waals surface area contributed by atoms with Crippen LogP contribution in [0.4, 0.5) is 8.78 Å². The van der Waals surface area contributed by atoms with Gasteiger partial charge in [0.05, 0.1) is 24.1 Å². The van der Waals surface area contributed by atoms with Gasteiger partial charge in [-0.1, -0.05) is 6.07 Å². The van der Waals surface area contributed by atoms with Crippen LogP contribution in [0.2, 0.25) is 0 Å². The molecule has 1 aliphatic rings. The Kier molecular flexibility index (Phi) is 5.36. The minimum Gasteiger partial charge on any atom is -0.348 e. The highest BCUT2D eigenvalue weighted by Gasteiger charge is 2.31. The molecule has 1 aromatic rings. The summed E-state index contributed by atoms with van der Waals surface area (Å²) in [5.74, 6) is -1.98. The lowest BCUT2D eigenvalue weighted by atomic mass is 10.1. The van der Waals surface area contributed by atoms with Crippen LogP contribution in [-0.2, 0) is 14.6 Å². The third-order valence-corrected chi connectivity index (χ3v) is 5.80. The van der Waals surface area contributed by atoms with Gasteiger partial charge in [-0.25, -0.2) is 17.2 Å². The molecule has 1 fully saturated rings. The van der Waals surface area contributed by atoms with Gasteiger partial charge in [-0.05, 0) is 38.1 Å². The SMILES string of the molecule is C[C@H](NC(=O)CN(C)[C@@H]1CCS(=O)(=O)C1)c1ccc(F)c(F)c1. The van der Waals surface area contributed by atoms with Gasteiger partial charge in [0.15, 0.2) is 21.5 Å². The van der Waals surface area contributed by atoms with E-state index in [2.05, 4.69) is 5.32 Å². The number of likely N-dealkylation sites (N-methyl/N-ethyl adjacent to an activating group) is 1. The maximum absolute atomic E-state index is 13.2. The first-order valence-electron chi connectivity index (χ1n) is 7.33. The van der Waals surface area contributed by atoms with Crippen LogP contribution in [0.15, 0.2) is 18.2 Å². The van der Waals surface area contributed by atoms with Crippen LogP contribution in [0.5, 0.6) is 0 Å². The summed E-state index contributed by atoms with van der Waals surface area (Å²) in [7, 11) is -1.30. The monoisotopic (exact) mass is 346 g/mol. The quantitative estimate of drug-likeness (QED) is 0.872. The minimum absolute atomic E-state index is 0.0498. The van der Waals surface area contributed by atoms with Gasteiger partial charge in [-0.3, -0.25) is 9.69 Å². The van der Waals surface area contributed by atoms with E-state index in [1.165, 1.54) is 6.07 Å². The molecule has 0 bridgehead atoms. The Bertz CT molecular complexity index is 694. The Hall–Kier alpha value is -1.54. The van der Waals surface area contributed by atoms with Crippen LogP contribution in [0, 0.1) is 11.6 Å². The first-order chi connectivity index (χ1) is 10.7. The van der Waals surface area contributed by atoms with Crippen LogP contribution < -0.4 is 5.32 Å². The molecule has 1 heterocycles. The van der Waals surface area contributed by atoms with Crippen molar-refractivity contribution in [3.8, 4) is 0 Å². The molecule has 5 nitrogen and oxygen atoms in total. The van der Waals surface area contributed by atoms with Gasteiger partial charge in [0.25, 0.3) is 0 Å². The number of sulfone groups is 1. The molecule has 0 unspecified atom stereocenters. The fraction of sp³-hybridized carbons (Fsp3) is 0.533. The molecule has 0 saturated carbocycles. The van der Waals surface area contributed by atoms with Crippen molar-refractivity contribution in [2.24, 2.45) is 0 Å². The second kappa shape index (κ2) is 6.92. The van der Waals surface area contributed by atoms with E-state index >= 15 is 0 Å². The van der Waals surface area contributed by atoms with Crippen LogP contribution in [0.25, 0.3) is 0 Å². The number of hydrogen-bond acceptors (Lipinski definition) is 4. The van der Waals surface area contributed by atoms with Crippen molar-refractivity contribution in [3.63, 3.8) is 0 Å². The lowest BCUT2D eigenvalue weighted by molar-refractivity contribution is -0.123. The number of carbonyl (C=O) groups excluding carboxylic acids is 1. The third-order valence-electron chi connectivity index (χ3n) is 4.05. The van der Waals surface area contributed by atoms with Crippen molar-refractivity contribution in [2.45, 2.75) is 25.4 Å². The Morgan fingerprint density at radius 3 is 2.65 bits per heavy atom. The topological polar surface area (TPSA) is 66.5 Å². The van der Waals surface area contributed by atoms with Gasteiger partial charge in [0.1, 0.15) is 0 Å². The van der Waals surface area contributed by atoms with Crippen LogP contribution in [-0.4, -0.2) is 50.4 Å². The zero-order chi connectivity index (χ0) is 17.2. The molecule has 1 saturated heterocycles. The van der Waals surface area contributed by atoms with Crippen molar-refractivity contribution in [2.75, 3.05) is 25.1 Å². The van der Waals surface area contributed by atoms with E-state index in [-0.39, 0.29) is 30.0 Å². The van der Waals surface area contributed by atoms with Crippen LogP contribution in [0.1, 0.15) is 24.9 Å². The summed E-state index contributed by atoms with van der Waals surface area (Å²) in [4.78, 5) is 13.7. The zero-order valence-corrected chi connectivity index (χ0v) is 13.9. The Balaban J connectivity index is 1.90. The largest absolute Gasteiger partial charge is 0.348 e. The van der Waals surface area contributed by atoms with Gasteiger partial charge in [0, 0.05) is 6.04 Å². The number of benzene rings is 1. The lowest BCUT2D eigenvalue weighted by Gasteiger charge is -2.23. The lowest BCUT2D eigenvalue weighted by Crippen LogP contribution is -2.41. The molecule has 1 amide bonds. The summed E-state index contributed by atoms with van der Waals surface area (Å²) < 4.78 is 49.0. The highest BCUT2D eigenvalue weighted by Crippen LogP contribution is 2.17. The molecule has 0 aromatic heterocycles. The van der Waals surface area contributed by atoms with Crippen molar-refractivity contribution in [1.82, 2.24) is 10.2 Å². The summed E-state index contributed by atoms with van der Waals surface area (Å²) in [6.07, 6.45) is 0.519. The van der Waals surface area contributed by atoms with E-state index in [0.29, 0.717) is 12.0 Å². The molecule has 2 atom stereocenters. The molecule has 128 valence electrons. The van der Waals surface area contributed by atoms with Gasteiger partial charge in [-0.15, -0.1) is 0 Å². The molecule has 1 N–H and O–H groups in total. The normalized spacial score (nSPS) is 21.3. The number of rotatable bonds is 5. The standard InChI is InChI=1S/C15H20F2N2O3S/c1-10(11-3-4-13(16)14(17)7-11)18-15(20)8-19(2)12-5-6-23(21,22)9-12/h3-4,7,10,12H,5-6,8-9H2,1-2H3,(H,18,20)/t10-,12+/m0/s1. The maximum atomic E-state index is 13.2. The Morgan fingerprint density at radius 1 is 1.39 bits per heavy atom. The first-order valence-corrected chi connectivity index (χ1v) is 9.15. The van der Waals surface area contributed by atoms with Crippen molar-refractivity contribution < 1.29 is 22.0 Å². The Labute approximate surface area is 134 Å². The van der Waals surface area contributed by atoms with Gasteiger partial charge < -0.3 is 5.32 Å². The highest BCUT2D eigenvalue weighted by atomic mass is 32.2. The number of hydrogen-bond donors (Lipinski definition) is 1. The van der Waals surface area contributed by atoms with E-state index in [4.69, 9.17) is 0 Å². The molecule has 1 aromatic carbocycles. The molecule has 1 aliphatic heterocycles. The van der Waals surface area contributed by atoms with E-state index in [9.17, 15) is 22.0 Å². The fourth-order valence-corrected chi connectivity index (χ4v) is 4.44. The molecule has 2 rings (SSSR count). The Morgan fingerprint density at radius 2 is 2.09 bits per heavy atom. The van der Waals surface area contributed by atoms with E-state index in [1.807, 2.05) is 0 Å². The molecule has 0 spiro atoms. The molecule has 23 heavy (non-hydrogen) atoms. The van der Waals surface area contributed by atoms with Crippen molar-refractivity contribution in [3.05, 3.63) is 35.4 Å². The van der Waals surface area contributed by atoms with E-state index < -0.39 is 27.5 Å². The summed E-state index contributed by atoms with van der Waals surface area (Å²) in [5.41, 5.74) is 0.461. The number of nitrogens with zero attached hydrogens (tertiary/aromatic N) is 1. The average molecular weight is 346 g/mol. The zero-order valence-electron chi connectivity index (χ0n) is 13.1. The fourth-order valence-electron chi connectivity index (χ4n) is 2.63. The third kappa shape index (κ3) is 4.71. The second-order valence-corrected chi connectivity index (χ2v) is 8.16. The molecule has 0 radical (unpaired) electrons. The van der Waals surface area contributed by atoms with Crippen LogP contribution in [0.3, 0.4) is 0 Å². The number of halogens is 2. The van der Waals surface area contributed by atoms with E-state index in [1.54, 1.807) is 18.9 Å². The smallest absolute Gasteiger partial charge is 0.234 e. The predicted molar refractivity (Wildman–Crippen MR) is 82.6 cm³/mol. The van der Waals surface area contributed by atoms with Gasteiger partial charge in [-0.2, -0.15) is 0 Å². The number of carbonyl (C=O) groups is 1. The van der Waals surface area contributed by atoms with Crippen molar-refractivity contribution in [1.29, 1.82) is 0 Å². The second-order valence-electron chi connectivity index (χ2n) is 5.93. The van der Waals surface area contributed by atoms with Gasteiger partial charge in [0.2, 0.25) is 5.91 Å². The van der Waals surface area contributed by atoms with Crippen molar-refractivity contribution >= 4 is 15.7 Å². The average Bonchev–Trinajstić information content (AvgIpc) is 2.82. The summed E-state index contributed by atoms with van der Waals surface area (Å²) in [6, 6.07) is 2.84. The number of amides is 1. The first kappa shape index (κ1) is 17.8. The molecule has 8 heteroatoms. The van der Waals surface area contributed by atoms with E-state index in [0.717, 1.165) is 12.1 Å². The highest BCUT2D eigenvalue weighted by molar-refractivity contribution is 7.91. The maximum Gasteiger partial charge on any atom is 0.234 e. The summed E-state index contributed by atoms with van der Waals surface area (Å²) in [5, 5.41) is 2.70. The molecule has 0 aliphatic carbocycles. The van der Waals surface area contributed by atoms with Gasteiger partial charge >= 0.3 is 0 Å².